The zero-order chi connectivity index (χ0) is 14.9. The van der Waals surface area contributed by atoms with Crippen LogP contribution in [0.2, 0.25) is 0 Å². The lowest BCUT2D eigenvalue weighted by Gasteiger charge is -2.07. The highest BCUT2D eigenvalue weighted by molar-refractivity contribution is 7.92. The zero-order valence-electron chi connectivity index (χ0n) is 12.3. The van der Waals surface area contributed by atoms with E-state index in [-0.39, 0.29) is 5.75 Å². The van der Waals surface area contributed by atoms with E-state index in [1.807, 2.05) is 24.6 Å². The van der Waals surface area contributed by atoms with Crippen molar-refractivity contribution in [2.45, 2.75) is 33.1 Å². The standard InChI is InChI=1S/C14H21N3O2S/c1-5-8-20(18,19)16-11-6-7-13-12(9-11)15-14(10(2)3)17(13)4/h6-7,9-10,16H,5,8H2,1-4H3. The molecule has 6 heteroatoms. The van der Waals surface area contributed by atoms with Gasteiger partial charge in [0, 0.05) is 13.0 Å². The van der Waals surface area contributed by atoms with Gasteiger partial charge in [0.2, 0.25) is 10.0 Å². The van der Waals surface area contributed by atoms with E-state index in [2.05, 4.69) is 23.6 Å². The molecule has 0 aliphatic rings. The summed E-state index contributed by atoms with van der Waals surface area (Å²) in [5, 5.41) is 0. The van der Waals surface area contributed by atoms with Crippen molar-refractivity contribution in [1.82, 2.24) is 9.55 Å². The topological polar surface area (TPSA) is 64.0 Å². The van der Waals surface area contributed by atoms with Gasteiger partial charge in [0.25, 0.3) is 0 Å². The molecule has 0 saturated heterocycles. The second kappa shape index (κ2) is 5.44. The molecule has 5 nitrogen and oxygen atoms in total. The minimum Gasteiger partial charge on any atom is -0.331 e. The van der Waals surface area contributed by atoms with E-state index in [0.29, 0.717) is 18.0 Å². The quantitative estimate of drug-likeness (QED) is 0.922. The Kier molecular flexibility index (Phi) is 4.04. The SMILES string of the molecule is CCCS(=O)(=O)Nc1ccc2c(c1)nc(C(C)C)n2C. The summed E-state index contributed by atoms with van der Waals surface area (Å²) >= 11 is 0. The van der Waals surface area contributed by atoms with Gasteiger partial charge in [-0.05, 0) is 24.6 Å². The number of hydrogen-bond donors (Lipinski definition) is 1. The summed E-state index contributed by atoms with van der Waals surface area (Å²) in [5.41, 5.74) is 2.39. The number of rotatable bonds is 5. The molecule has 110 valence electrons. The largest absolute Gasteiger partial charge is 0.331 e. The average Bonchev–Trinajstić information content (AvgIpc) is 2.65. The molecular formula is C14H21N3O2S. The molecule has 1 heterocycles. The van der Waals surface area contributed by atoms with Gasteiger partial charge in [-0.15, -0.1) is 0 Å². The van der Waals surface area contributed by atoms with E-state index in [1.54, 1.807) is 12.1 Å². The van der Waals surface area contributed by atoms with Crippen molar-refractivity contribution in [3.8, 4) is 0 Å². The zero-order valence-corrected chi connectivity index (χ0v) is 13.2. The van der Waals surface area contributed by atoms with Crippen LogP contribution in [0.4, 0.5) is 5.69 Å². The first kappa shape index (κ1) is 14.8. The number of hydrogen-bond acceptors (Lipinski definition) is 3. The third-order valence-electron chi connectivity index (χ3n) is 3.18. The lowest BCUT2D eigenvalue weighted by atomic mass is 10.2. The smallest absolute Gasteiger partial charge is 0.232 e. The first-order chi connectivity index (χ1) is 9.34. The third-order valence-corrected chi connectivity index (χ3v) is 4.67. The first-order valence-electron chi connectivity index (χ1n) is 6.81. The Hall–Kier alpha value is -1.56. The maximum Gasteiger partial charge on any atom is 0.232 e. The number of aromatic nitrogens is 2. The predicted octanol–water partition coefficient (Wildman–Crippen LogP) is 2.85. The molecule has 20 heavy (non-hydrogen) atoms. The normalized spacial score (nSPS) is 12.2. The Morgan fingerprint density at radius 2 is 2.05 bits per heavy atom. The molecule has 2 rings (SSSR count). The van der Waals surface area contributed by atoms with Gasteiger partial charge in [-0.2, -0.15) is 0 Å². The molecule has 0 bridgehead atoms. The molecule has 1 aromatic carbocycles. The lowest BCUT2D eigenvalue weighted by molar-refractivity contribution is 0.600. The number of aryl methyl sites for hydroxylation is 1. The Morgan fingerprint density at radius 1 is 1.35 bits per heavy atom. The van der Waals surface area contributed by atoms with Crippen LogP contribution in [-0.2, 0) is 17.1 Å². The summed E-state index contributed by atoms with van der Waals surface area (Å²) in [5.74, 6) is 1.45. The van der Waals surface area contributed by atoms with Crippen LogP contribution >= 0.6 is 0 Å². The fraction of sp³-hybridized carbons (Fsp3) is 0.500. The Morgan fingerprint density at radius 3 is 2.65 bits per heavy atom. The van der Waals surface area contributed by atoms with Crippen LogP contribution in [0.15, 0.2) is 18.2 Å². The van der Waals surface area contributed by atoms with Crippen LogP contribution in [0.5, 0.6) is 0 Å². The van der Waals surface area contributed by atoms with Gasteiger partial charge >= 0.3 is 0 Å². The third kappa shape index (κ3) is 2.95. The molecule has 1 N–H and O–H groups in total. The van der Waals surface area contributed by atoms with Crippen LogP contribution in [0.25, 0.3) is 11.0 Å². The molecule has 0 fully saturated rings. The van der Waals surface area contributed by atoms with Gasteiger partial charge in [-0.25, -0.2) is 13.4 Å². The fourth-order valence-corrected chi connectivity index (χ4v) is 3.42. The van der Waals surface area contributed by atoms with E-state index in [1.165, 1.54) is 0 Å². The summed E-state index contributed by atoms with van der Waals surface area (Å²) in [6.07, 6.45) is 0.596. The summed E-state index contributed by atoms with van der Waals surface area (Å²) in [4.78, 5) is 4.58. The monoisotopic (exact) mass is 295 g/mol. The lowest BCUT2D eigenvalue weighted by Crippen LogP contribution is -2.15. The van der Waals surface area contributed by atoms with Gasteiger partial charge in [0.15, 0.2) is 0 Å². The van der Waals surface area contributed by atoms with Crippen LogP contribution < -0.4 is 4.72 Å². The second-order valence-electron chi connectivity index (χ2n) is 5.31. The summed E-state index contributed by atoms with van der Waals surface area (Å²) in [6, 6.07) is 5.47. The fourth-order valence-electron chi connectivity index (χ4n) is 2.30. The minimum absolute atomic E-state index is 0.129. The molecule has 0 atom stereocenters. The van der Waals surface area contributed by atoms with Gasteiger partial charge in [-0.1, -0.05) is 20.8 Å². The molecule has 0 aliphatic carbocycles. The molecule has 0 unspecified atom stereocenters. The predicted molar refractivity (Wildman–Crippen MR) is 82.5 cm³/mol. The van der Waals surface area contributed by atoms with Crippen molar-refractivity contribution in [3.05, 3.63) is 24.0 Å². The van der Waals surface area contributed by atoms with Crippen molar-refractivity contribution >= 4 is 26.7 Å². The van der Waals surface area contributed by atoms with Crippen molar-refractivity contribution in [1.29, 1.82) is 0 Å². The number of fused-ring (bicyclic) bond motifs is 1. The summed E-state index contributed by atoms with van der Waals surface area (Å²) < 4.78 is 28.2. The summed E-state index contributed by atoms with van der Waals surface area (Å²) in [6.45, 7) is 6.02. The molecular weight excluding hydrogens is 274 g/mol. The molecule has 1 aromatic heterocycles. The molecule has 0 amide bonds. The van der Waals surface area contributed by atoms with E-state index < -0.39 is 10.0 Å². The van der Waals surface area contributed by atoms with E-state index >= 15 is 0 Å². The highest BCUT2D eigenvalue weighted by Gasteiger charge is 2.13. The van der Waals surface area contributed by atoms with Gasteiger partial charge in [0.05, 0.1) is 22.5 Å². The molecule has 0 spiro atoms. The van der Waals surface area contributed by atoms with Crippen LogP contribution in [-0.4, -0.2) is 23.7 Å². The number of imidazole rings is 1. The van der Waals surface area contributed by atoms with Crippen molar-refractivity contribution in [2.24, 2.45) is 7.05 Å². The van der Waals surface area contributed by atoms with Crippen LogP contribution in [0.3, 0.4) is 0 Å². The average molecular weight is 295 g/mol. The molecule has 2 aromatic rings. The maximum absolute atomic E-state index is 11.8. The van der Waals surface area contributed by atoms with E-state index in [4.69, 9.17) is 0 Å². The van der Waals surface area contributed by atoms with Gasteiger partial charge in [0.1, 0.15) is 5.82 Å². The van der Waals surface area contributed by atoms with Crippen LogP contribution in [0, 0.1) is 0 Å². The number of nitrogens with zero attached hydrogens (tertiary/aromatic N) is 2. The number of benzene rings is 1. The van der Waals surface area contributed by atoms with Gasteiger partial charge < -0.3 is 4.57 Å². The van der Waals surface area contributed by atoms with Crippen molar-refractivity contribution in [3.63, 3.8) is 0 Å². The molecule has 0 aliphatic heterocycles. The number of anilines is 1. The summed E-state index contributed by atoms with van der Waals surface area (Å²) in [7, 11) is -1.28. The van der Waals surface area contributed by atoms with E-state index in [9.17, 15) is 8.42 Å². The number of sulfonamides is 1. The van der Waals surface area contributed by atoms with Gasteiger partial charge in [-0.3, -0.25) is 4.72 Å². The van der Waals surface area contributed by atoms with E-state index in [0.717, 1.165) is 16.9 Å². The Labute approximate surface area is 120 Å². The number of nitrogens with one attached hydrogen (secondary N) is 1. The van der Waals surface area contributed by atoms with Crippen molar-refractivity contribution in [2.75, 3.05) is 10.5 Å². The maximum atomic E-state index is 11.8. The minimum atomic E-state index is -3.26. The first-order valence-corrected chi connectivity index (χ1v) is 8.46. The Bertz CT molecular complexity index is 717. The highest BCUT2D eigenvalue weighted by Crippen LogP contribution is 2.23. The second-order valence-corrected chi connectivity index (χ2v) is 7.15. The molecule has 0 radical (unpaired) electrons. The van der Waals surface area contributed by atoms with Crippen molar-refractivity contribution < 1.29 is 8.42 Å². The van der Waals surface area contributed by atoms with Crippen LogP contribution in [0.1, 0.15) is 38.9 Å². The highest BCUT2D eigenvalue weighted by atomic mass is 32.2. The Balaban J connectivity index is 2.40. The molecule has 0 saturated carbocycles.